The maximum Gasteiger partial charge on any atom is 0.315 e. The monoisotopic (exact) mass is 344 g/mol. The molecule has 2 N–H and O–H groups in total. The van der Waals surface area contributed by atoms with Crippen molar-refractivity contribution in [2.75, 3.05) is 5.32 Å². The molecule has 2 aromatic rings. The van der Waals surface area contributed by atoms with Crippen molar-refractivity contribution in [3.05, 3.63) is 38.8 Å². The predicted molar refractivity (Wildman–Crippen MR) is 87.3 cm³/mol. The quantitative estimate of drug-likeness (QED) is 0.830. The third kappa shape index (κ3) is 3.15. The highest BCUT2D eigenvalue weighted by Gasteiger charge is 2.32. The van der Waals surface area contributed by atoms with Crippen LogP contribution in [0.5, 0.6) is 0 Å². The molecular weight excluding hydrogens is 331 g/mol. The predicted octanol–water partition coefficient (Wildman–Crippen LogP) is 4.86. The molecule has 0 saturated carbocycles. The first-order chi connectivity index (χ1) is 9.73. The van der Waals surface area contributed by atoms with Crippen LogP contribution < -0.4 is 5.32 Å². The van der Waals surface area contributed by atoms with Crippen LogP contribution in [0, 0.1) is 6.92 Å². The molecule has 0 radical (unpaired) electrons. The summed E-state index contributed by atoms with van der Waals surface area (Å²) < 4.78 is 0. The fourth-order valence-electron chi connectivity index (χ4n) is 1.61. The van der Waals surface area contributed by atoms with Crippen LogP contribution in [0.15, 0.2) is 17.5 Å². The number of anilines is 2. The molecule has 21 heavy (non-hydrogen) atoms. The molecule has 0 saturated heterocycles. The Bertz CT molecular complexity index is 698. The average molecular weight is 345 g/mol. The third-order valence-corrected chi connectivity index (χ3v) is 4.76. The van der Waals surface area contributed by atoms with E-state index in [1.807, 2.05) is 13.0 Å². The number of thiazole rings is 1. The molecule has 0 aliphatic heterocycles. The van der Waals surface area contributed by atoms with Gasteiger partial charge in [-0.2, -0.15) is 0 Å². The van der Waals surface area contributed by atoms with Crippen molar-refractivity contribution in [1.29, 1.82) is 0 Å². The maximum atomic E-state index is 11.2. The number of rotatable bonds is 4. The molecule has 2 rings (SSSR count). The molecule has 0 unspecified atom stereocenters. The Labute approximate surface area is 136 Å². The molecule has 0 bridgehead atoms. The van der Waals surface area contributed by atoms with Crippen molar-refractivity contribution in [3.8, 4) is 0 Å². The summed E-state index contributed by atoms with van der Waals surface area (Å²) in [7, 11) is 0. The third-order valence-electron chi connectivity index (χ3n) is 3.20. The molecule has 0 atom stereocenters. The van der Waals surface area contributed by atoms with Crippen LogP contribution in [0.25, 0.3) is 0 Å². The molecule has 112 valence electrons. The summed E-state index contributed by atoms with van der Waals surface area (Å²) in [5.74, 6) is -0.925. The lowest BCUT2D eigenvalue weighted by Crippen LogP contribution is -2.28. The van der Waals surface area contributed by atoms with Gasteiger partial charge in [-0.05, 0) is 32.4 Å². The van der Waals surface area contributed by atoms with Gasteiger partial charge in [0.05, 0.1) is 21.4 Å². The molecule has 1 aromatic heterocycles. The lowest BCUT2D eigenvalue weighted by Gasteiger charge is -2.15. The van der Waals surface area contributed by atoms with Crippen molar-refractivity contribution >= 4 is 51.3 Å². The second-order valence-corrected chi connectivity index (χ2v) is 6.79. The summed E-state index contributed by atoms with van der Waals surface area (Å²) in [6, 6.07) is 3.58. The van der Waals surface area contributed by atoms with Gasteiger partial charge in [-0.3, -0.25) is 4.79 Å². The van der Waals surface area contributed by atoms with E-state index in [1.54, 1.807) is 25.3 Å². The van der Waals surface area contributed by atoms with Gasteiger partial charge in [0, 0.05) is 5.38 Å². The van der Waals surface area contributed by atoms with Crippen LogP contribution in [-0.2, 0) is 10.2 Å². The zero-order valence-corrected chi connectivity index (χ0v) is 14.0. The molecule has 0 fully saturated rings. The van der Waals surface area contributed by atoms with Crippen LogP contribution in [0.2, 0.25) is 10.0 Å². The first kappa shape index (κ1) is 16.1. The first-order valence-electron chi connectivity index (χ1n) is 6.14. The van der Waals surface area contributed by atoms with E-state index in [-0.39, 0.29) is 0 Å². The van der Waals surface area contributed by atoms with E-state index >= 15 is 0 Å². The highest BCUT2D eigenvalue weighted by Crippen LogP contribution is 2.36. The molecule has 4 nitrogen and oxygen atoms in total. The van der Waals surface area contributed by atoms with Crippen LogP contribution >= 0.6 is 34.5 Å². The van der Waals surface area contributed by atoms with Crippen molar-refractivity contribution < 1.29 is 9.90 Å². The molecular formula is C14H14Cl2N2O2S. The maximum absolute atomic E-state index is 11.2. The molecule has 0 aliphatic rings. The summed E-state index contributed by atoms with van der Waals surface area (Å²) in [5.41, 5.74) is 0.914. The number of hydrogen-bond acceptors (Lipinski definition) is 4. The smallest absolute Gasteiger partial charge is 0.315 e. The Morgan fingerprint density at radius 2 is 2.05 bits per heavy atom. The van der Waals surface area contributed by atoms with E-state index in [0.29, 0.717) is 26.6 Å². The number of nitrogens with zero attached hydrogens (tertiary/aromatic N) is 1. The van der Waals surface area contributed by atoms with Gasteiger partial charge in [-0.1, -0.05) is 29.3 Å². The van der Waals surface area contributed by atoms with Gasteiger partial charge < -0.3 is 10.4 Å². The second kappa shape index (κ2) is 5.83. The Balaban J connectivity index is 2.33. The van der Waals surface area contributed by atoms with Gasteiger partial charge in [0.25, 0.3) is 0 Å². The number of carbonyl (C=O) groups is 1. The van der Waals surface area contributed by atoms with Crippen molar-refractivity contribution in [1.82, 2.24) is 4.98 Å². The average Bonchev–Trinajstić information content (AvgIpc) is 2.88. The normalized spacial score (nSPS) is 11.5. The number of halogens is 2. The molecule has 0 spiro atoms. The fraction of sp³-hybridized carbons (Fsp3) is 0.286. The summed E-state index contributed by atoms with van der Waals surface area (Å²) >= 11 is 13.7. The molecule has 1 aromatic carbocycles. The number of aliphatic carboxylic acids is 1. The molecule has 1 heterocycles. The minimum Gasteiger partial charge on any atom is -0.481 e. The Morgan fingerprint density at radius 1 is 1.38 bits per heavy atom. The first-order valence-corrected chi connectivity index (χ1v) is 7.78. The SMILES string of the molecule is Cc1ccc(Cl)c(Nc2nc(C(C)(C)C(=O)O)cs2)c1Cl. The summed E-state index contributed by atoms with van der Waals surface area (Å²) in [4.78, 5) is 15.6. The zero-order chi connectivity index (χ0) is 15.8. The fourth-order valence-corrected chi connectivity index (χ4v) is 2.95. The number of nitrogens with one attached hydrogen (secondary N) is 1. The van der Waals surface area contributed by atoms with Gasteiger partial charge in [-0.15, -0.1) is 11.3 Å². The van der Waals surface area contributed by atoms with Gasteiger partial charge in [0.1, 0.15) is 5.41 Å². The lowest BCUT2D eigenvalue weighted by atomic mass is 9.90. The minimum absolute atomic E-state index is 0.486. The topological polar surface area (TPSA) is 62.2 Å². The largest absolute Gasteiger partial charge is 0.481 e. The van der Waals surface area contributed by atoms with Crippen molar-refractivity contribution in [2.24, 2.45) is 0 Å². The lowest BCUT2D eigenvalue weighted by molar-refractivity contribution is -0.142. The summed E-state index contributed by atoms with van der Waals surface area (Å²) in [6.45, 7) is 5.10. The van der Waals surface area contributed by atoms with Gasteiger partial charge in [0.2, 0.25) is 0 Å². The number of benzene rings is 1. The highest BCUT2D eigenvalue weighted by molar-refractivity contribution is 7.13. The van der Waals surface area contributed by atoms with Gasteiger partial charge in [-0.25, -0.2) is 4.98 Å². The number of hydrogen-bond donors (Lipinski definition) is 2. The van der Waals surface area contributed by atoms with Crippen LogP contribution in [0.1, 0.15) is 25.1 Å². The number of aromatic nitrogens is 1. The highest BCUT2D eigenvalue weighted by atomic mass is 35.5. The Hall–Kier alpha value is -1.30. The van der Waals surface area contributed by atoms with Gasteiger partial charge >= 0.3 is 5.97 Å². The summed E-state index contributed by atoms with van der Waals surface area (Å²) in [6.07, 6.45) is 0. The number of carboxylic acids is 1. The van der Waals surface area contributed by atoms with Gasteiger partial charge in [0.15, 0.2) is 5.13 Å². The molecule has 0 amide bonds. The van der Waals surface area contributed by atoms with Crippen molar-refractivity contribution in [3.63, 3.8) is 0 Å². The van der Waals surface area contributed by atoms with Crippen LogP contribution in [0.4, 0.5) is 10.8 Å². The Morgan fingerprint density at radius 3 is 2.67 bits per heavy atom. The van der Waals surface area contributed by atoms with E-state index in [1.165, 1.54) is 11.3 Å². The number of aryl methyl sites for hydroxylation is 1. The number of carboxylic acid groups (broad SMARTS) is 1. The molecule has 0 aliphatic carbocycles. The van der Waals surface area contributed by atoms with Crippen LogP contribution in [0.3, 0.4) is 0 Å². The van der Waals surface area contributed by atoms with Crippen molar-refractivity contribution in [2.45, 2.75) is 26.2 Å². The van der Waals surface area contributed by atoms with E-state index < -0.39 is 11.4 Å². The Kier molecular flexibility index (Phi) is 4.46. The standard InChI is InChI=1S/C14H14Cl2N2O2S/c1-7-4-5-8(15)11(10(7)16)18-13-17-9(6-21-13)14(2,3)12(19)20/h4-6H,1-3H3,(H,17,18)(H,19,20). The van der Waals surface area contributed by atoms with Crippen LogP contribution in [-0.4, -0.2) is 16.1 Å². The van der Waals surface area contributed by atoms with E-state index in [2.05, 4.69) is 10.3 Å². The van der Waals surface area contributed by atoms with E-state index in [0.717, 1.165) is 5.56 Å². The second-order valence-electron chi connectivity index (χ2n) is 5.15. The molecule has 7 heteroatoms. The minimum atomic E-state index is -1.05. The zero-order valence-electron chi connectivity index (χ0n) is 11.7. The van der Waals surface area contributed by atoms with E-state index in [9.17, 15) is 9.90 Å². The summed E-state index contributed by atoms with van der Waals surface area (Å²) in [5, 5.41) is 15.6. The van der Waals surface area contributed by atoms with E-state index in [4.69, 9.17) is 23.2 Å².